The van der Waals surface area contributed by atoms with Crippen molar-refractivity contribution in [3.63, 3.8) is 0 Å². The smallest absolute Gasteiger partial charge is 0.328 e. The summed E-state index contributed by atoms with van der Waals surface area (Å²) in [5.74, 6) is -1.47. The zero-order valence-electron chi connectivity index (χ0n) is 48.6. The summed E-state index contributed by atoms with van der Waals surface area (Å²) in [4.78, 5) is 53.2. The van der Waals surface area contributed by atoms with Crippen molar-refractivity contribution < 1.29 is 28.6 Å². The molecule has 0 atom stereocenters. The summed E-state index contributed by atoms with van der Waals surface area (Å²) in [6, 6.07) is 27.6. The first kappa shape index (κ1) is 40.1. The monoisotopic (exact) mass is 1180 g/mol. The molecule has 31 aromatic rings. The first-order valence-corrected chi connectivity index (χ1v) is 33.5. The predicted molar refractivity (Wildman–Crippen MR) is 378 cm³/mol. The van der Waals surface area contributed by atoms with E-state index < -0.39 is 34.2 Å². The minimum atomic E-state index is -1.86. The van der Waals surface area contributed by atoms with E-state index in [9.17, 15) is 4.79 Å². The van der Waals surface area contributed by atoms with Gasteiger partial charge < -0.3 is 14.2 Å². The van der Waals surface area contributed by atoms with Crippen molar-refractivity contribution in [3.8, 4) is 0 Å². The van der Waals surface area contributed by atoms with Crippen LogP contribution in [0.5, 0.6) is 0 Å². The molecule has 5 aliphatic rings. The largest absolute Gasteiger partial charge is 0.468 e. The number of ether oxygens (including phenoxy) is 3. The fourth-order valence-corrected chi connectivity index (χ4v) is 28.4. The number of rotatable bonds is 10. The second kappa shape index (κ2) is 10.3. The molecular formula is C87H23NO6. The van der Waals surface area contributed by atoms with Crippen LogP contribution in [0.3, 0.4) is 0 Å². The molecule has 412 valence electrons. The van der Waals surface area contributed by atoms with Crippen LogP contribution in [0.15, 0.2) is 89.9 Å². The van der Waals surface area contributed by atoms with Gasteiger partial charge in [-0.25, -0.2) is 0 Å². The van der Waals surface area contributed by atoms with Crippen LogP contribution < -0.4 is 0 Å². The molecule has 7 nitrogen and oxygen atoms in total. The number of methoxy groups -OCH3 is 1. The number of hydrogen-bond acceptors (Lipinski definition) is 7. The highest BCUT2D eigenvalue weighted by Gasteiger charge is 3.01. The van der Waals surface area contributed by atoms with Gasteiger partial charge in [-0.1, -0.05) is 78.9 Å². The Morgan fingerprint density at radius 2 is 0.543 bits per heavy atom. The molecule has 0 unspecified atom stereocenters. The summed E-state index contributed by atoms with van der Waals surface area (Å²) in [6.45, 7) is -0.232. The fourth-order valence-electron chi connectivity index (χ4n) is 28.4. The minimum Gasteiger partial charge on any atom is -0.468 e. The number of nitrogens with zero attached hydrogens (tertiary/aromatic N) is 1. The molecular weight excluding hydrogens is 1150 g/mol. The number of benzene rings is 21. The van der Waals surface area contributed by atoms with E-state index in [1.165, 1.54) is 309 Å². The highest BCUT2D eigenvalue weighted by molar-refractivity contribution is 6.82. The van der Waals surface area contributed by atoms with Crippen LogP contribution in [-0.4, -0.2) is 37.3 Å². The Morgan fingerprint density at radius 3 is 0.798 bits per heavy atom. The van der Waals surface area contributed by atoms with Gasteiger partial charge in [0.15, 0.2) is 5.41 Å². The molecule has 0 bridgehead atoms. The lowest BCUT2D eigenvalue weighted by Crippen LogP contribution is -2.38. The average Bonchev–Trinajstić information content (AvgIpc) is 1.36. The second-order valence-electron chi connectivity index (χ2n) is 30.9. The topological polar surface area (TPSA) is 91.3 Å². The van der Waals surface area contributed by atoms with Gasteiger partial charge in [-0.2, -0.15) is 0 Å². The molecule has 1 fully saturated rings. The van der Waals surface area contributed by atoms with E-state index in [4.69, 9.17) is 19.2 Å². The van der Waals surface area contributed by atoms with Gasteiger partial charge in [0, 0.05) is 11.1 Å². The number of carbonyl (C=O) groups is 3. The van der Waals surface area contributed by atoms with Crippen molar-refractivity contribution in [2.75, 3.05) is 13.7 Å². The van der Waals surface area contributed by atoms with Crippen molar-refractivity contribution in [1.82, 2.24) is 0 Å². The van der Waals surface area contributed by atoms with Crippen molar-refractivity contribution in [1.29, 1.82) is 0 Å². The lowest BCUT2D eigenvalue weighted by atomic mass is 9.68. The fraction of sp³-hybridized carbons (Fsp3) is 0.0805. The minimum absolute atomic E-state index is 0.0123. The SMILES string of the molecule is COC(=O)C1(C(=O)OCc2cccc(COC(=O)CN=C(c3ccccc3)c3ccccc3)c2)C23c4c5c6c7c8c9c(c%10c%11c2c2c4c4c%12c5c5c6c6c8c8c%13c9c9c%10c%10c%11c%11c2c2c4c4c%12c%12c5c5c6c8c6c8c%13c9c9c%10c%10c%11c2c2c4c4c%12c5c6c5c8c9c%10c2c45)C713. The van der Waals surface area contributed by atoms with Crippen LogP contribution >= 0.6 is 0 Å². The van der Waals surface area contributed by atoms with Gasteiger partial charge in [-0.05, 0) is 330 Å². The highest BCUT2D eigenvalue weighted by Crippen LogP contribution is 2.96. The van der Waals surface area contributed by atoms with Crippen molar-refractivity contribution >= 4 is 314 Å². The van der Waals surface area contributed by atoms with Gasteiger partial charge in [-0.3, -0.25) is 19.4 Å². The van der Waals surface area contributed by atoms with Crippen LogP contribution in [0.4, 0.5) is 0 Å². The Bertz CT molecular complexity index is 8190. The molecule has 5 aliphatic carbocycles. The Labute approximate surface area is 517 Å². The van der Waals surface area contributed by atoms with Crippen LogP contribution in [0.2, 0.25) is 0 Å². The molecule has 2 spiro atoms. The molecule has 0 N–H and O–H groups in total. The van der Waals surface area contributed by atoms with Gasteiger partial charge in [-0.15, -0.1) is 0 Å². The number of esters is 3. The van der Waals surface area contributed by atoms with E-state index >= 15 is 9.59 Å². The third-order valence-corrected chi connectivity index (χ3v) is 29.4. The summed E-state index contributed by atoms with van der Waals surface area (Å²) >= 11 is 0. The molecule has 94 heavy (non-hydrogen) atoms. The van der Waals surface area contributed by atoms with Crippen molar-refractivity contribution in [2.24, 2.45) is 10.4 Å². The quantitative estimate of drug-likeness (QED) is 0.0445. The van der Waals surface area contributed by atoms with Crippen LogP contribution in [0, 0.1) is 5.41 Å². The van der Waals surface area contributed by atoms with Crippen LogP contribution in [-0.2, 0) is 52.6 Å². The molecule has 0 aromatic heterocycles. The van der Waals surface area contributed by atoms with Gasteiger partial charge in [0.2, 0.25) is 0 Å². The lowest BCUT2D eigenvalue weighted by molar-refractivity contribution is -0.165. The van der Waals surface area contributed by atoms with Gasteiger partial charge >= 0.3 is 17.9 Å². The summed E-state index contributed by atoms with van der Waals surface area (Å²) < 4.78 is 19.7. The van der Waals surface area contributed by atoms with Crippen LogP contribution in [0.1, 0.15) is 44.5 Å². The van der Waals surface area contributed by atoms with E-state index in [1.807, 2.05) is 84.9 Å². The molecule has 0 saturated heterocycles. The molecule has 36 rings (SSSR count). The van der Waals surface area contributed by atoms with Gasteiger partial charge in [0.05, 0.1) is 23.7 Å². The average molecular weight is 1180 g/mol. The summed E-state index contributed by atoms with van der Waals surface area (Å²) in [7, 11) is 1.53. The van der Waals surface area contributed by atoms with Crippen molar-refractivity contribution in [2.45, 2.75) is 24.0 Å². The number of carbonyl (C=O) groups excluding carboxylic acids is 3. The standard InChI is InChI=1S/C87H23NO6/c1-92-83(90)87(84(91)94-18-20-10-8-9-19(15-20)17-93-23(89)16-88-82(21-11-4-2-5-12-21)22-13-6-3-7-14-22)85-78-70-62-52-42-34-26-24-25-28-32-30(26)38-46-40(32)50-44-36(28)37-29(25)33-31-27(24)35(34)43-49-39(31)47-41(33)51-45(37)55-54(44)64-58(50)68-60(46)66(56(62)48(38)42)74(78)76(68)80-72(64)73-65(55)59(51)69-61(47)67-57(49)63(53(43)52)71(70)79(85)75(67)77(69)81(73)86(80,85)87/h2-15H,16-18H2,1H3. The Kier molecular flexibility index (Phi) is 4.40. The third kappa shape index (κ3) is 2.60. The molecule has 0 radical (unpaired) electrons. The Balaban J connectivity index is 0.710. The summed E-state index contributed by atoms with van der Waals surface area (Å²) in [6.07, 6.45) is 0. The van der Waals surface area contributed by atoms with Crippen LogP contribution in [0.25, 0.3) is 291 Å². The van der Waals surface area contributed by atoms with E-state index in [0.717, 1.165) is 28.0 Å². The maximum absolute atomic E-state index is 17.6. The number of hydrogen-bond donors (Lipinski definition) is 0. The first-order chi connectivity index (χ1) is 46.5. The Hall–Kier alpha value is -11.8. The zero-order chi connectivity index (χ0) is 58.5. The molecule has 7 heteroatoms. The third-order valence-electron chi connectivity index (χ3n) is 29.4. The summed E-state index contributed by atoms with van der Waals surface area (Å²) in [5.41, 5.74) is 4.63. The second-order valence-corrected chi connectivity index (χ2v) is 30.9. The molecule has 0 aliphatic heterocycles. The first-order valence-electron chi connectivity index (χ1n) is 33.5. The maximum Gasteiger partial charge on any atom is 0.328 e. The normalized spacial score (nSPS) is 20.8. The zero-order valence-corrected chi connectivity index (χ0v) is 48.6. The highest BCUT2D eigenvalue weighted by atomic mass is 16.6. The van der Waals surface area contributed by atoms with E-state index in [0.29, 0.717) is 0 Å². The molecule has 0 amide bonds. The molecule has 31 aromatic carbocycles. The maximum atomic E-state index is 17.6. The van der Waals surface area contributed by atoms with Gasteiger partial charge in [0.1, 0.15) is 19.8 Å². The van der Waals surface area contributed by atoms with Gasteiger partial charge in [0.25, 0.3) is 0 Å². The van der Waals surface area contributed by atoms with E-state index in [1.54, 1.807) is 10.8 Å². The predicted octanol–water partition coefficient (Wildman–Crippen LogP) is 19.8. The lowest BCUT2D eigenvalue weighted by Gasteiger charge is -2.32. The van der Waals surface area contributed by atoms with E-state index in [2.05, 4.69) is 0 Å². The molecule has 1 saturated carbocycles. The summed E-state index contributed by atoms with van der Waals surface area (Å²) in [5, 5.41) is 77.8. The Morgan fingerprint density at radius 1 is 0.298 bits per heavy atom. The van der Waals surface area contributed by atoms with Crippen molar-refractivity contribution in [3.05, 3.63) is 129 Å². The number of aliphatic imine (C=N–C) groups is 1. The van der Waals surface area contributed by atoms with E-state index in [-0.39, 0.29) is 19.8 Å². The molecule has 0 heterocycles.